The summed E-state index contributed by atoms with van der Waals surface area (Å²) < 4.78 is 5.37. The van der Waals surface area contributed by atoms with Crippen LogP contribution in [0.3, 0.4) is 0 Å². The third-order valence-corrected chi connectivity index (χ3v) is 3.67. The molecule has 21 heavy (non-hydrogen) atoms. The van der Waals surface area contributed by atoms with Gasteiger partial charge in [-0.1, -0.05) is 41.9 Å². The van der Waals surface area contributed by atoms with Crippen LogP contribution >= 0.6 is 11.6 Å². The highest BCUT2D eigenvalue weighted by atomic mass is 35.5. The Kier molecular flexibility index (Phi) is 3.78. The first-order chi connectivity index (χ1) is 10.1. The SMILES string of the molecule is O=C(OC1C=Cc2ccccc2C1O)c1ccc(Cl)cc1. The molecule has 0 aromatic heterocycles. The van der Waals surface area contributed by atoms with Crippen molar-refractivity contribution in [2.24, 2.45) is 0 Å². The second-order valence-corrected chi connectivity index (χ2v) is 5.25. The molecule has 106 valence electrons. The number of carbonyl (C=O) groups is 1. The molecule has 0 aliphatic heterocycles. The van der Waals surface area contributed by atoms with Crippen molar-refractivity contribution in [3.63, 3.8) is 0 Å². The Morgan fingerprint density at radius 3 is 2.57 bits per heavy atom. The first-order valence-electron chi connectivity index (χ1n) is 6.57. The van der Waals surface area contributed by atoms with E-state index in [1.54, 1.807) is 30.3 Å². The largest absolute Gasteiger partial charge is 0.451 e. The van der Waals surface area contributed by atoms with Crippen LogP contribution in [-0.2, 0) is 4.74 Å². The van der Waals surface area contributed by atoms with E-state index in [-0.39, 0.29) is 0 Å². The summed E-state index contributed by atoms with van der Waals surface area (Å²) in [5.41, 5.74) is 2.09. The topological polar surface area (TPSA) is 46.5 Å². The van der Waals surface area contributed by atoms with Crippen molar-refractivity contribution in [2.45, 2.75) is 12.2 Å². The van der Waals surface area contributed by atoms with E-state index in [0.717, 1.165) is 11.1 Å². The maximum Gasteiger partial charge on any atom is 0.338 e. The number of fused-ring (bicyclic) bond motifs is 1. The molecule has 2 unspecified atom stereocenters. The average Bonchev–Trinajstić information content (AvgIpc) is 2.51. The molecule has 4 heteroatoms. The van der Waals surface area contributed by atoms with Crippen LogP contribution in [0.15, 0.2) is 54.6 Å². The standard InChI is InChI=1S/C17H13ClO3/c18-13-8-5-12(6-9-13)17(20)21-15-10-7-11-3-1-2-4-14(11)16(15)19/h1-10,15-16,19H. The highest BCUT2D eigenvalue weighted by Gasteiger charge is 2.27. The van der Waals surface area contributed by atoms with Crippen LogP contribution in [-0.4, -0.2) is 17.2 Å². The summed E-state index contributed by atoms with van der Waals surface area (Å²) in [4.78, 5) is 12.1. The van der Waals surface area contributed by atoms with Gasteiger partial charge in [0.1, 0.15) is 6.10 Å². The fraction of sp³-hybridized carbons (Fsp3) is 0.118. The predicted octanol–water partition coefficient (Wildman–Crippen LogP) is 3.63. The molecular weight excluding hydrogens is 288 g/mol. The molecular formula is C17H13ClO3. The zero-order valence-electron chi connectivity index (χ0n) is 11.1. The number of rotatable bonds is 2. The normalized spacial score (nSPS) is 19.9. The van der Waals surface area contributed by atoms with Gasteiger partial charge in [0.25, 0.3) is 0 Å². The second kappa shape index (κ2) is 5.72. The first-order valence-corrected chi connectivity index (χ1v) is 6.95. The fourth-order valence-electron chi connectivity index (χ4n) is 2.29. The van der Waals surface area contributed by atoms with Gasteiger partial charge in [0.15, 0.2) is 6.10 Å². The van der Waals surface area contributed by atoms with E-state index in [0.29, 0.717) is 10.6 Å². The first kappa shape index (κ1) is 13.9. The molecule has 0 spiro atoms. The van der Waals surface area contributed by atoms with E-state index in [1.807, 2.05) is 30.3 Å². The minimum Gasteiger partial charge on any atom is -0.451 e. The van der Waals surface area contributed by atoms with Crippen molar-refractivity contribution in [3.8, 4) is 0 Å². The van der Waals surface area contributed by atoms with Crippen LogP contribution in [0.4, 0.5) is 0 Å². The summed E-state index contributed by atoms with van der Waals surface area (Å²) in [6.45, 7) is 0. The van der Waals surface area contributed by atoms with Gasteiger partial charge in [0.2, 0.25) is 0 Å². The summed E-state index contributed by atoms with van der Waals surface area (Å²) in [5, 5.41) is 10.9. The number of halogens is 1. The number of benzene rings is 2. The van der Waals surface area contributed by atoms with Gasteiger partial charge < -0.3 is 9.84 Å². The fourth-order valence-corrected chi connectivity index (χ4v) is 2.42. The van der Waals surface area contributed by atoms with E-state index in [4.69, 9.17) is 16.3 Å². The van der Waals surface area contributed by atoms with Gasteiger partial charge in [-0.3, -0.25) is 0 Å². The Morgan fingerprint density at radius 1 is 1.10 bits per heavy atom. The molecule has 1 N–H and O–H groups in total. The Bertz CT molecular complexity index is 691. The predicted molar refractivity (Wildman–Crippen MR) is 81.1 cm³/mol. The Morgan fingerprint density at radius 2 is 1.81 bits per heavy atom. The van der Waals surface area contributed by atoms with Crippen LogP contribution in [0.1, 0.15) is 27.6 Å². The zero-order chi connectivity index (χ0) is 14.8. The van der Waals surface area contributed by atoms with Gasteiger partial charge in [-0.2, -0.15) is 0 Å². The second-order valence-electron chi connectivity index (χ2n) is 4.81. The van der Waals surface area contributed by atoms with E-state index >= 15 is 0 Å². The summed E-state index contributed by atoms with van der Waals surface area (Å²) in [7, 11) is 0. The molecule has 0 amide bonds. The monoisotopic (exact) mass is 300 g/mol. The molecule has 0 fully saturated rings. The molecule has 0 bridgehead atoms. The highest BCUT2D eigenvalue weighted by molar-refractivity contribution is 6.30. The third kappa shape index (κ3) is 2.84. The van der Waals surface area contributed by atoms with E-state index in [1.165, 1.54) is 0 Å². The van der Waals surface area contributed by atoms with E-state index < -0.39 is 18.2 Å². The summed E-state index contributed by atoms with van der Waals surface area (Å²) in [6, 6.07) is 13.9. The lowest BCUT2D eigenvalue weighted by molar-refractivity contribution is -0.00116. The minimum atomic E-state index is -0.859. The molecule has 0 saturated carbocycles. The Labute approximate surface area is 127 Å². The van der Waals surface area contributed by atoms with E-state index in [2.05, 4.69) is 0 Å². The number of carbonyl (C=O) groups excluding carboxylic acids is 1. The van der Waals surface area contributed by atoms with Crippen LogP contribution < -0.4 is 0 Å². The number of hydrogen-bond donors (Lipinski definition) is 1. The van der Waals surface area contributed by atoms with Gasteiger partial charge >= 0.3 is 5.97 Å². The Balaban J connectivity index is 1.77. The molecule has 3 nitrogen and oxygen atoms in total. The molecule has 2 aromatic carbocycles. The van der Waals surface area contributed by atoms with Crippen molar-refractivity contribution in [1.82, 2.24) is 0 Å². The molecule has 3 rings (SSSR count). The smallest absolute Gasteiger partial charge is 0.338 e. The van der Waals surface area contributed by atoms with Crippen LogP contribution in [0.5, 0.6) is 0 Å². The quantitative estimate of drug-likeness (QED) is 0.862. The maximum atomic E-state index is 12.1. The molecule has 1 aliphatic carbocycles. The van der Waals surface area contributed by atoms with Gasteiger partial charge in [-0.15, -0.1) is 0 Å². The number of aliphatic hydroxyl groups is 1. The third-order valence-electron chi connectivity index (χ3n) is 3.41. The summed E-state index contributed by atoms with van der Waals surface area (Å²) >= 11 is 5.78. The lowest BCUT2D eigenvalue weighted by Crippen LogP contribution is -2.26. The zero-order valence-corrected chi connectivity index (χ0v) is 11.8. The average molecular weight is 301 g/mol. The highest BCUT2D eigenvalue weighted by Crippen LogP contribution is 2.30. The van der Waals surface area contributed by atoms with Crippen molar-refractivity contribution >= 4 is 23.6 Å². The van der Waals surface area contributed by atoms with Gasteiger partial charge in [-0.25, -0.2) is 4.79 Å². The Hall–Kier alpha value is -2.10. The minimum absolute atomic E-state index is 0.402. The van der Waals surface area contributed by atoms with Crippen molar-refractivity contribution in [2.75, 3.05) is 0 Å². The molecule has 2 atom stereocenters. The molecule has 2 aromatic rings. The van der Waals surface area contributed by atoms with Crippen LogP contribution in [0.25, 0.3) is 6.08 Å². The van der Waals surface area contributed by atoms with Gasteiger partial charge in [0, 0.05) is 5.02 Å². The number of hydrogen-bond acceptors (Lipinski definition) is 3. The van der Waals surface area contributed by atoms with Crippen molar-refractivity contribution < 1.29 is 14.6 Å². The summed E-state index contributed by atoms with van der Waals surface area (Å²) in [6.07, 6.45) is 1.99. The molecule has 0 radical (unpaired) electrons. The number of ether oxygens (including phenoxy) is 1. The van der Waals surface area contributed by atoms with Gasteiger partial charge in [0.05, 0.1) is 5.56 Å². The lowest BCUT2D eigenvalue weighted by atomic mass is 9.93. The lowest BCUT2D eigenvalue weighted by Gasteiger charge is -2.25. The van der Waals surface area contributed by atoms with Gasteiger partial charge in [-0.05, 0) is 41.5 Å². The van der Waals surface area contributed by atoms with Crippen LogP contribution in [0, 0.1) is 0 Å². The maximum absolute atomic E-state index is 12.1. The molecule has 0 saturated heterocycles. The van der Waals surface area contributed by atoms with Crippen molar-refractivity contribution in [3.05, 3.63) is 76.3 Å². The summed E-state index contributed by atoms with van der Waals surface area (Å²) in [5.74, 6) is -0.486. The van der Waals surface area contributed by atoms with Crippen LogP contribution in [0.2, 0.25) is 5.02 Å². The van der Waals surface area contributed by atoms with E-state index in [9.17, 15) is 9.90 Å². The number of aliphatic hydroxyl groups excluding tert-OH is 1. The molecule has 0 heterocycles. The molecule has 1 aliphatic rings. The number of esters is 1. The van der Waals surface area contributed by atoms with Crippen molar-refractivity contribution in [1.29, 1.82) is 0 Å².